The van der Waals surface area contributed by atoms with Crippen LogP contribution in [0.5, 0.6) is 0 Å². The maximum absolute atomic E-state index is 11.9. The highest BCUT2D eigenvalue weighted by Crippen LogP contribution is 1.95. The SMILES string of the molecule is CCOCCN(CC)CC(=O)N(C)CCC(N)=S. The zero-order valence-electron chi connectivity index (χ0n) is 11.6. The molecule has 0 aromatic carbocycles. The van der Waals surface area contributed by atoms with Crippen molar-refractivity contribution in [3.05, 3.63) is 0 Å². The summed E-state index contributed by atoms with van der Waals surface area (Å²) in [5.41, 5.74) is 5.42. The standard InChI is InChI=1S/C12H25N3O2S/c1-4-15(8-9-17-5-2)10-12(16)14(3)7-6-11(13)18/h4-10H2,1-3H3,(H2,13,18). The van der Waals surface area contributed by atoms with Gasteiger partial charge in [-0.2, -0.15) is 0 Å². The Hall–Kier alpha value is -0.720. The first-order chi connectivity index (χ1) is 8.51. The number of likely N-dealkylation sites (N-methyl/N-ethyl adjacent to an activating group) is 2. The molecule has 0 aromatic heterocycles. The zero-order valence-corrected chi connectivity index (χ0v) is 12.5. The van der Waals surface area contributed by atoms with Gasteiger partial charge in [-0.1, -0.05) is 19.1 Å². The topological polar surface area (TPSA) is 58.8 Å². The monoisotopic (exact) mass is 275 g/mol. The highest BCUT2D eigenvalue weighted by atomic mass is 32.1. The Morgan fingerprint density at radius 1 is 1.33 bits per heavy atom. The van der Waals surface area contributed by atoms with Crippen LogP contribution in [0, 0.1) is 0 Å². The van der Waals surface area contributed by atoms with Gasteiger partial charge < -0.3 is 15.4 Å². The molecular formula is C12H25N3O2S. The van der Waals surface area contributed by atoms with Crippen molar-refractivity contribution >= 4 is 23.1 Å². The van der Waals surface area contributed by atoms with Gasteiger partial charge in [0, 0.05) is 33.2 Å². The van der Waals surface area contributed by atoms with Crippen LogP contribution in [0.25, 0.3) is 0 Å². The fourth-order valence-corrected chi connectivity index (χ4v) is 1.49. The van der Waals surface area contributed by atoms with Gasteiger partial charge >= 0.3 is 0 Å². The largest absolute Gasteiger partial charge is 0.393 e. The van der Waals surface area contributed by atoms with Gasteiger partial charge in [-0.25, -0.2) is 0 Å². The number of nitrogens with zero attached hydrogens (tertiary/aromatic N) is 2. The fraction of sp³-hybridized carbons (Fsp3) is 0.833. The lowest BCUT2D eigenvalue weighted by Crippen LogP contribution is -2.40. The molecule has 0 spiro atoms. The molecule has 0 rings (SSSR count). The highest BCUT2D eigenvalue weighted by Gasteiger charge is 2.13. The van der Waals surface area contributed by atoms with Gasteiger partial charge in [-0.3, -0.25) is 9.69 Å². The molecule has 0 fully saturated rings. The number of ether oxygens (including phenoxy) is 1. The summed E-state index contributed by atoms with van der Waals surface area (Å²) in [5.74, 6) is 0.0876. The second-order valence-electron chi connectivity index (χ2n) is 4.10. The number of rotatable bonds is 10. The summed E-state index contributed by atoms with van der Waals surface area (Å²) in [6, 6.07) is 0. The van der Waals surface area contributed by atoms with E-state index in [1.807, 2.05) is 13.8 Å². The number of carbonyl (C=O) groups is 1. The molecule has 0 bridgehead atoms. The van der Waals surface area contributed by atoms with Crippen LogP contribution in [-0.2, 0) is 9.53 Å². The van der Waals surface area contributed by atoms with Gasteiger partial charge in [0.2, 0.25) is 5.91 Å². The summed E-state index contributed by atoms with van der Waals surface area (Å²) >= 11 is 4.79. The molecule has 0 aromatic rings. The predicted molar refractivity (Wildman–Crippen MR) is 77.6 cm³/mol. The minimum Gasteiger partial charge on any atom is -0.393 e. The van der Waals surface area contributed by atoms with Crippen LogP contribution in [0.15, 0.2) is 0 Å². The summed E-state index contributed by atoms with van der Waals surface area (Å²) in [7, 11) is 1.77. The van der Waals surface area contributed by atoms with E-state index in [1.165, 1.54) is 0 Å². The number of hydrogen-bond donors (Lipinski definition) is 1. The van der Waals surface area contributed by atoms with Gasteiger partial charge in [0.15, 0.2) is 0 Å². The van der Waals surface area contributed by atoms with E-state index in [1.54, 1.807) is 11.9 Å². The summed E-state index contributed by atoms with van der Waals surface area (Å²) in [4.78, 5) is 16.1. The van der Waals surface area contributed by atoms with Crippen molar-refractivity contribution in [2.24, 2.45) is 5.73 Å². The summed E-state index contributed by atoms with van der Waals surface area (Å²) in [5, 5.41) is 0. The quantitative estimate of drug-likeness (QED) is 0.464. The first-order valence-corrected chi connectivity index (χ1v) is 6.74. The molecule has 6 heteroatoms. The Labute approximate surface area is 115 Å². The summed E-state index contributed by atoms with van der Waals surface area (Å²) in [6.45, 7) is 7.97. The molecule has 0 unspecified atom stereocenters. The molecule has 0 saturated heterocycles. The van der Waals surface area contributed by atoms with Crippen molar-refractivity contribution in [2.75, 3.05) is 46.4 Å². The van der Waals surface area contributed by atoms with E-state index in [0.717, 1.165) is 13.1 Å². The third kappa shape index (κ3) is 8.38. The molecule has 5 nitrogen and oxygen atoms in total. The van der Waals surface area contributed by atoms with Gasteiger partial charge in [-0.05, 0) is 13.5 Å². The first-order valence-electron chi connectivity index (χ1n) is 6.33. The van der Waals surface area contributed by atoms with Crippen LogP contribution in [0.4, 0.5) is 0 Å². The third-order valence-electron chi connectivity index (χ3n) is 2.68. The fourth-order valence-electron chi connectivity index (χ4n) is 1.40. The van der Waals surface area contributed by atoms with Gasteiger partial charge in [0.1, 0.15) is 0 Å². The van der Waals surface area contributed by atoms with Crippen LogP contribution >= 0.6 is 12.2 Å². The van der Waals surface area contributed by atoms with Crippen LogP contribution in [-0.4, -0.2) is 67.1 Å². The second kappa shape index (κ2) is 10.2. The lowest BCUT2D eigenvalue weighted by Gasteiger charge is -2.23. The summed E-state index contributed by atoms with van der Waals surface area (Å²) in [6.07, 6.45) is 0.572. The van der Waals surface area contributed by atoms with Crippen molar-refractivity contribution in [1.29, 1.82) is 0 Å². The van der Waals surface area contributed by atoms with Crippen LogP contribution in [0.1, 0.15) is 20.3 Å². The minimum absolute atomic E-state index is 0.0876. The van der Waals surface area contributed by atoms with Crippen molar-refractivity contribution in [1.82, 2.24) is 9.80 Å². The average Bonchev–Trinajstić information content (AvgIpc) is 2.34. The molecule has 106 valence electrons. The van der Waals surface area contributed by atoms with E-state index >= 15 is 0 Å². The van der Waals surface area contributed by atoms with Crippen molar-refractivity contribution in [3.8, 4) is 0 Å². The van der Waals surface area contributed by atoms with Crippen molar-refractivity contribution < 1.29 is 9.53 Å². The Morgan fingerprint density at radius 2 is 2.00 bits per heavy atom. The zero-order chi connectivity index (χ0) is 14.0. The summed E-state index contributed by atoms with van der Waals surface area (Å²) < 4.78 is 5.29. The van der Waals surface area contributed by atoms with E-state index in [4.69, 9.17) is 22.7 Å². The molecule has 0 atom stereocenters. The van der Waals surface area contributed by atoms with E-state index in [0.29, 0.717) is 37.7 Å². The van der Waals surface area contributed by atoms with E-state index in [-0.39, 0.29) is 5.91 Å². The van der Waals surface area contributed by atoms with E-state index in [2.05, 4.69) is 4.90 Å². The molecule has 0 aliphatic heterocycles. The number of nitrogens with two attached hydrogens (primary N) is 1. The van der Waals surface area contributed by atoms with Crippen LogP contribution < -0.4 is 5.73 Å². The van der Waals surface area contributed by atoms with Crippen molar-refractivity contribution in [2.45, 2.75) is 20.3 Å². The number of carbonyl (C=O) groups excluding carboxylic acids is 1. The molecule has 1 amide bonds. The molecule has 0 aliphatic rings. The lowest BCUT2D eigenvalue weighted by atomic mass is 10.3. The number of amides is 1. The molecular weight excluding hydrogens is 250 g/mol. The maximum Gasteiger partial charge on any atom is 0.236 e. The van der Waals surface area contributed by atoms with Crippen molar-refractivity contribution in [3.63, 3.8) is 0 Å². The van der Waals surface area contributed by atoms with E-state index in [9.17, 15) is 4.79 Å². The van der Waals surface area contributed by atoms with Gasteiger partial charge in [0.05, 0.1) is 18.1 Å². The molecule has 0 radical (unpaired) electrons. The Morgan fingerprint density at radius 3 is 2.50 bits per heavy atom. The Kier molecular flexibility index (Phi) is 9.82. The Bertz CT molecular complexity index is 262. The average molecular weight is 275 g/mol. The number of thiocarbonyl (C=S) groups is 1. The third-order valence-corrected chi connectivity index (χ3v) is 2.89. The molecule has 18 heavy (non-hydrogen) atoms. The predicted octanol–water partition coefficient (Wildman–Crippen LogP) is 0.479. The normalized spacial score (nSPS) is 10.7. The lowest BCUT2D eigenvalue weighted by molar-refractivity contribution is -0.131. The molecule has 0 aliphatic carbocycles. The van der Waals surface area contributed by atoms with Crippen LogP contribution in [0.3, 0.4) is 0 Å². The van der Waals surface area contributed by atoms with Crippen LogP contribution in [0.2, 0.25) is 0 Å². The smallest absolute Gasteiger partial charge is 0.236 e. The number of hydrogen-bond acceptors (Lipinski definition) is 4. The maximum atomic E-state index is 11.9. The van der Waals surface area contributed by atoms with Gasteiger partial charge in [-0.15, -0.1) is 0 Å². The molecule has 2 N–H and O–H groups in total. The van der Waals surface area contributed by atoms with E-state index < -0.39 is 0 Å². The van der Waals surface area contributed by atoms with Gasteiger partial charge in [0.25, 0.3) is 0 Å². The highest BCUT2D eigenvalue weighted by molar-refractivity contribution is 7.80. The Balaban J connectivity index is 3.96. The second-order valence-corrected chi connectivity index (χ2v) is 4.62. The minimum atomic E-state index is 0.0876. The first kappa shape index (κ1) is 17.3. The molecule has 0 heterocycles. The molecule has 0 saturated carbocycles.